The van der Waals surface area contributed by atoms with E-state index in [1.165, 1.54) is 12.1 Å². The summed E-state index contributed by atoms with van der Waals surface area (Å²) < 4.78 is 24.7. The molecular weight excluding hydrogens is 549 g/mol. The number of halogens is 6. The number of carbonyl (C=O) groups excluding carboxylic acids is 1. The summed E-state index contributed by atoms with van der Waals surface area (Å²) in [7, 11) is -4.20. The van der Waals surface area contributed by atoms with E-state index in [-0.39, 0.29) is 16.3 Å². The van der Waals surface area contributed by atoms with Gasteiger partial charge in [0.05, 0.1) is 9.93 Å². The third kappa shape index (κ3) is 4.67. The van der Waals surface area contributed by atoms with Gasteiger partial charge < -0.3 is 0 Å². The molecule has 5 nitrogen and oxygen atoms in total. The van der Waals surface area contributed by atoms with Gasteiger partial charge in [0.1, 0.15) is 10.7 Å². The third-order valence-electron chi connectivity index (χ3n) is 4.07. The van der Waals surface area contributed by atoms with E-state index in [0.29, 0.717) is 0 Å². The number of sulfonamides is 1. The van der Waals surface area contributed by atoms with Crippen LogP contribution in [-0.4, -0.2) is 34.4 Å². The molecule has 162 valence electrons. The van der Waals surface area contributed by atoms with E-state index in [0.717, 1.165) is 0 Å². The Bertz CT molecular complexity index is 1220. The molecule has 1 aliphatic carbocycles. The molecule has 0 N–H and O–H groups in total. The Morgan fingerprint density at radius 3 is 1.84 bits per heavy atom. The second-order valence-electron chi connectivity index (χ2n) is 6.14. The van der Waals surface area contributed by atoms with Crippen LogP contribution in [0.1, 0.15) is 5.56 Å². The fraction of sp³-hybridized carbons (Fsp3) is 0.105. The molecule has 31 heavy (non-hydrogen) atoms. The van der Waals surface area contributed by atoms with Crippen molar-refractivity contribution < 1.29 is 13.2 Å². The number of Topliss-reactive ketones (excluding diaryl/α,β-unsaturated/α-hetero) is 1. The molecule has 0 fully saturated rings. The summed E-state index contributed by atoms with van der Waals surface area (Å²) in [5.41, 5.74) is -0.149. The van der Waals surface area contributed by atoms with Crippen LogP contribution in [0, 0.1) is 0 Å². The predicted octanol–water partition coefficient (Wildman–Crippen LogP) is 5.88. The molecule has 0 amide bonds. The Labute approximate surface area is 208 Å². The summed E-state index contributed by atoms with van der Waals surface area (Å²) in [6.45, 7) is 0. The van der Waals surface area contributed by atoms with E-state index in [9.17, 15) is 13.2 Å². The number of rotatable bonds is 3. The van der Waals surface area contributed by atoms with Gasteiger partial charge in [-0.25, -0.2) is 4.99 Å². The average molecular weight is 559 g/mol. The van der Waals surface area contributed by atoms with Gasteiger partial charge in [0.2, 0.25) is 14.4 Å². The highest BCUT2D eigenvalue weighted by Gasteiger charge is 2.61. The van der Waals surface area contributed by atoms with Gasteiger partial charge in [0, 0.05) is 5.56 Å². The first-order chi connectivity index (χ1) is 14.4. The van der Waals surface area contributed by atoms with Crippen molar-refractivity contribution in [2.24, 2.45) is 9.39 Å². The Kier molecular flexibility index (Phi) is 7.14. The number of amidine groups is 1. The summed E-state index contributed by atoms with van der Waals surface area (Å²) in [5.74, 6) is -1.35. The molecule has 0 saturated carbocycles. The topological polar surface area (TPSA) is 75.9 Å². The molecule has 0 aromatic heterocycles. The van der Waals surface area contributed by atoms with Crippen LogP contribution in [0.5, 0.6) is 0 Å². The summed E-state index contributed by atoms with van der Waals surface area (Å²) >= 11 is 36.8. The zero-order valence-electron chi connectivity index (χ0n) is 15.1. The first-order valence-electron chi connectivity index (χ1n) is 8.30. The minimum Gasteiger partial charge on any atom is -0.290 e. The van der Waals surface area contributed by atoms with E-state index in [1.54, 1.807) is 48.5 Å². The van der Waals surface area contributed by atoms with Crippen LogP contribution in [0.25, 0.3) is 0 Å². The van der Waals surface area contributed by atoms with Crippen LogP contribution in [-0.2, 0) is 14.8 Å². The first-order valence-corrected chi connectivity index (χ1v) is 12.0. The highest BCUT2D eigenvalue weighted by atomic mass is 35.5. The molecule has 2 aromatic rings. The van der Waals surface area contributed by atoms with Crippen molar-refractivity contribution >= 4 is 97.0 Å². The Hall–Kier alpha value is -1.12. The van der Waals surface area contributed by atoms with Crippen molar-refractivity contribution in [3.63, 3.8) is 0 Å². The van der Waals surface area contributed by atoms with Crippen LogP contribution in [0.4, 0.5) is 0 Å². The lowest BCUT2D eigenvalue weighted by Gasteiger charge is -2.36. The molecule has 0 aliphatic heterocycles. The summed E-state index contributed by atoms with van der Waals surface area (Å²) in [5, 5.41) is -0.991. The lowest BCUT2D eigenvalue weighted by Crippen LogP contribution is -2.53. The first kappa shape index (κ1) is 24.5. The predicted molar refractivity (Wildman–Crippen MR) is 127 cm³/mol. The molecule has 1 aliphatic rings. The smallest absolute Gasteiger partial charge is 0.284 e. The molecule has 0 atom stereocenters. The molecule has 0 radical (unpaired) electrons. The van der Waals surface area contributed by atoms with E-state index in [4.69, 9.17) is 69.6 Å². The summed E-state index contributed by atoms with van der Waals surface area (Å²) in [6.07, 6.45) is 0. The van der Waals surface area contributed by atoms with Crippen molar-refractivity contribution in [3.05, 3.63) is 76.3 Å². The number of hydrogen-bond donors (Lipinski definition) is 0. The van der Waals surface area contributed by atoms with Crippen LogP contribution in [0.3, 0.4) is 0 Å². The van der Waals surface area contributed by atoms with E-state index in [1.807, 2.05) is 0 Å². The molecule has 0 bridgehead atoms. The van der Waals surface area contributed by atoms with Crippen molar-refractivity contribution in [2.45, 2.75) is 13.6 Å². The summed E-state index contributed by atoms with van der Waals surface area (Å²) in [6, 6.07) is 15.6. The number of aliphatic imine (C=N–C) groups is 1. The highest BCUT2D eigenvalue weighted by Crippen LogP contribution is 2.52. The number of nitrogens with zero attached hydrogens (tertiary/aromatic N) is 2. The van der Waals surface area contributed by atoms with Crippen LogP contribution < -0.4 is 0 Å². The maximum absolute atomic E-state index is 12.8. The number of alkyl halides is 4. The van der Waals surface area contributed by atoms with E-state index >= 15 is 0 Å². The molecule has 12 heteroatoms. The maximum Gasteiger partial charge on any atom is 0.284 e. The van der Waals surface area contributed by atoms with E-state index < -0.39 is 40.2 Å². The SMILES string of the molecule is O=C1C(Cl)=C(Cl)C(=N/C(=N/S(=O)(=O)c2ccccc2)c2ccccc2)C(Cl)(Cl)C1(Cl)Cl. The largest absolute Gasteiger partial charge is 0.290 e. The fourth-order valence-corrected chi connectivity index (χ4v) is 4.97. The lowest BCUT2D eigenvalue weighted by atomic mass is 10.0. The van der Waals surface area contributed by atoms with Crippen molar-refractivity contribution in [1.82, 2.24) is 0 Å². The van der Waals surface area contributed by atoms with Gasteiger partial charge in [-0.1, -0.05) is 118 Å². The molecule has 0 unspecified atom stereocenters. The number of ketones is 1. The van der Waals surface area contributed by atoms with Gasteiger partial charge in [-0.2, -0.15) is 8.42 Å². The van der Waals surface area contributed by atoms with Crippen LogP contribution in [0.15, 0.2) is 85.0 Å². The Morgan fingerprint density at radius 1 is 0.774 bits per heavy atom. The molecular formula is C19H10Cl6N2O3S. The van der Waals surface area contributed by atoms with Crippen LogP contribution in [0.2, 0.25) is 0 Å². The van der Waals surface area contributed by atoms with Gasteiger partial charge in [-0.15, -0.1) is 4.40 Å². The standard InChI is InChI=1S/C19H10Cl6N2O3S/c20-13-14(21)16(28)19(24,25)18(22,23)15(13)26-17(11-7-3-1-4-8-11)27-31(29,30)12-9-5-2-6-10-12/h1-10H/b26-15?,27-17+. The maximum atomic E-state index is 12.8. The van der Waals surface area contributed by atoms with Crippen molar-refractivity contribution in [2.75, 3.05) is 0 Å². The van der Waals surface area contributed by atoms with E-state index in [2.05, 4.69) is 9.39 Å². The highest BCUT2D eigenvalue weighted by molar-refractivity contribution is 7.90. The van der Waals surface area contributed by atoms with Gasteiger partial charge >= 0.3 is 0 Å². The van der Waals surface area contributed by atoms with Gasteiger partial charge in [-0.05, 0) is 12.1 Å². The van der Waals surface area contributed by atoms with Gasteiger partial charge in [0.25, 0.3) is 10.0 Å². The second-order valence-corrected chi connectivity index (χ2v) is 11.2. The minimum atomic E-state index is -4.20. The second kappa shape index (κ2) is 9.02. The van der Waals surface area contributed by atoms with Gasteiger partial charge in [-0.3, -0.25) is 4.79 Å². The fourth-order valence-electron chi connectivity index (χ4n) is 2.48. The summed E-state index contributed by atoms with van der Waals surface area (Å²) in [4.78, 5) is 16.4. The Balaban J connectivity index is 2.30. The quantitative estimate of drug-likeness (QED) is 0.268. The monoisotopic (exact) mass is 556 g/mol. The Morgan fingerprint density at radius 2 is 1.29 bits per heavy atom. The number of carbonyl (C=O) groups is 1. The minimum absolute atomic E-state index is 0.0748. The molecule has 0 saturated heterocycles. The number of hydrogen-bond acceptors (Lipinski definition) is 3. The third-order valence-corrected chi connectivity index (χ3v) is 8.40. The number of allylic oxidation sites excluding steroid dienone is 2. The molecule has 0 heterocycles. The van der Waals surface area contributed by atoms with Crippen molar-refractivity contribution in [1.29, 1.82) is 0 Å². The van der Waals surface area contributed by atoms with Crippen molar-refractivity contribution in [3.8, 4) is 0 Å². The molecule has 3 rings (SSSR count). The number of benzene rings is 2. The molecule has 0 spiro atoms. The van der Waals surface area contributed by atoms with Crippen LogP contribution >= 0.6 is 69.6 Å². The zero-order chi connectivity index (χ0) is 23.0. The average Bonchev–Trinajstić information content (AvgIpc) is 2.75. The molecule has 2 aromatic carbocycles. The zero-order valence-corrected chi connectivity index (χ0v) is 20.4. The normalized spacial score (nSPS) is 20.3. The lowest BCUT2D eigenvalue weighted by molar-refractivity contribution is -0.115. The van der Waals surface area contributed by atoms with Gasteiger partial charge in [0.15, 0.2) is 5.84 Å².